The molecule has 3 nitrogen and oxygen atoms in total. The van der Waals surface area contributed by atoms with E-state index in [4.69, 9.17) is 17.3 Å². The zero-order chi connectivity index (χ0) is 10.4. The van der Waals surface area contributed by atoms with Crippen LogP contribution >= 0.6 is 11.6 Å². The molecule has 0 unspecified atom stereocenters. The summed E-state index contributed by atoms with van der Waals surface area (Å²) < 4.78 is 2.06. The molecule has 0 radical (unpaired) electrons. The first kappa shape index (κ1) is 9.04. The zero-order valence-electron chi connectivity index (χ0n) is 8.28. The molecule has 4 heteroatoms. The number of fused-ring (bicyclic) bond motifs is 1. The van der Waals surface area contributed by atoms with Gasteiger partial charge in [0.2, 0.25) is 0 Å². The Morgan fingerprint density at radius 2 is 2.27 bits per heavy atom. The van der Waals surface area contributed by atoms with E-state index in [0.717, 1.165) is 17.0 Å². The highest BCUT2D eigenvalue weighted by Gasteiger charge is 2.24. The van der Waals surface area contributed by atoms with Crippen LogP contribution in [0.5, 0.6) is 0 Å². The molecule has 2 heterocycles. The first-order valence-corrected chi connectivity index (χ1v) is 5.56. The molecular weight excluding hydrogens is 210 g/mol. The summed E-state index contributed by atoms with van der Waals surface area (Å²) in [7, 11) is 0. The third-order valence-electron chi connectivity index (χ3n) is 3.12. The molecule has 2 N–H and O–H groups in total. The van der Waals surface area contributed by atoms with Gasteiger partial charge in [0.15, 0.2) is 5.15 Å². The average Bonchev–Trinajstić information content (AvgIpc) is 2.41. The molecule has 1 aliphatic rings. The van der Waals surface area contributed by atoms with E-state index in [1.807, 2.05) is 18.3 Å². The highest BCUT2D eigenvalue weighted by Crippen LogP contribution is 2.37. The van der Waals surface area contributed by atoms with Crippen molar-refractivity contribution in [3.8, 4) is 0 Å². The van der Waals surface area contributed by atoms with Crippen molar-refractivity contribution in [1.82, 2.24) is 9.38 Å². The summed E-state index contributed by atoms with van der Waals surface area (Å²) in [6.45, 7) is 0. The number of halogens is 1. The number of nitrogen functional groups attached to an aromatic ring is 1. The van der Waals surface area contributed by atoms with Gasteiger partial charge in [0, 0.05) is 17.8 Å². The van der Waals surface area contributed by atoms with Crippen LogP contribution in [0.15, 0.2) is 18.3 Å². The second-order valence-corrected chi connectivity index (χ2v) is 4.46. The van der Waals surface area contributed by atoms with E-state index >= 15 is 0 Å². The summed E-state index contributed by atoms with van der Waals surface area (Å²) in [5.74, 6) is 1.66. The highest BCUT2D eigenvalue weighted by molar-refractivity contribution is 6.32. The molecule has 0 amide bonds. The summed E-state index contributed by atoms with van der Waals surface area (Å²) in [6, 6.07) is 3.75. The van der Waals surface area contributed by atoms with Crippen molar-refractivity contribution >= 4 is 22.8 Å². The zero-order valence-corrected chi connectivity index (χ0v) is 9.04. The van der Waals surface area contributed by atoms with Crippen molar-refractivity contribution in [1.29, 1.82) is 0 Å². The van der Waals surface area contributed by atoms with Crippen LogP contribution in [0, 0.1) is 0 Å². The van der Waals surface area contributed by atoms with Crippen LogP contribution in [0.1, 0.15) is 31.0 Å². The molecule has 0 bridgehead atoms. The first-order chi connectivity index (χ1) is 7.25. The second kappa shape index (κ2) is 3.14. The highest BCUT2D eigenvalue weighted by atomic mass is 35.5. The fraction of sp³-hybridized carbons (Fsp3) is 0.364. The largest absolute Gasteiger partial charge is 0.399 e. The molecule has 3 rings (SSSR count). The van der Waals surface area contributed by atoms with Gasteiger partial charge in [0.05, 0.1) is 5.52 Å². The van der Waals surface area contributed by atoms with E-state index in [1.54, 1.807) is 0 Å². The molecule has 78 valence electrons. The SMILES string of the molecule is Nc1ccn2c(C3CCC3)nc(Cl)c2c1. The molecular formula is C11H12ClN3. The summed E-state index contributed by atoms with van der Waals surface area (Å²) in [6.07, 6.45) is 5.70. The minimum atomic E-state index is 0.559. The molecule has 2 aromatic heterocycles. The first-order valence-electron chi connectivity index (χ1n) is 5.18. The lowest BCUT2D eigenvalue weighted by Gasteiger charge is -2.23. The lowest BCUT2D eigenvalue weighted by molar-refractivity contribution is 0.400. The smallest absolute Gasteiger partial charge is 0.155 e. The van der Waals surface area contributed by atoms with Gasteiger partial charge in [0.1, 0.15) is 5.82 Å². The fourth-order valence-corrected chi connectivity index (χ4v) is 2.27. The molecule has 2 aromatic rings. The Hall–Kier alpha value is -1.22. The van der Waals surface area contributed by atoms with Crippen LogP contribution in [0.3, 0.4) is 0 Å². The summed E-state index contributed by atoms with van der Waals surface area (Å²) in [4.78, 5) is 4.43. The maximum absolute atomic E-state index is 6.09. The molecule has 0 aliphatic heterocycles. The Balaban J connectivity index is 2.22. The number of rotatable bonds is 1. The standard InChI is InChI=1S/C11H12ClN3/c12-10-9-6-8(13)4-5-15(9)11(14-10)7-2-1-3-7/h4-7H,1-3,13H2. The molecule has 0 aromatic carbocycles. The lowest BCUT2D eigenvalue weighted by Crippen LogP contribution is -2.12. The number of nitrogens with zero attached hydrogens (tertiary/aromatic N) is 2. The Labute approximate surface area is 92.9 Å². The van der Waals surface area contributed by atoms with Crippen LogP contribution in [0.4, 0.5) is 5.69 Å². The van der Waals surface area contributed by atoms with Gasteiger partial charge in [-0.3, -0.25) is 0 Å². The van der Waals surface area contributed by atoms with Gasteiger partial charge in [-0.2, -0.15) is 0 Å². The van der Waals surface area contributed by atoms with Gasteiger partial charge in [-0.25, -0.2) is 4.98 Å². The van der Waals surface area contributed by atoms with E-state index in [2.05, 4.69) is 9.38 Å². The molecule has 0 saturated heterocycles. The topological polar surface area (TPSA) is 43.3 Å². The summed E-state index contributed by atoms with van der Waals surface area (Å²) in [5.41, 5.74) is 7.37. The average molecular weight is 222 g/mol. The number of aromatic nitrogens is 2. The van der Waals surface area contributed by atoms with Gasteiger partial charge in [0.25, 0.3) is 0 Å². The van der Waals surface area contributed by atoms with Crippen molar-refractivity contribution in [3.63, 3.8) is 0 Å². The fourth-order valence-electron chi connectivity index (χ4n) is 2.04. The molecule has 15 heavy (non-hydrogen) atoms. The normalized spacial score (nSPS) is 16.9. The predicted molar refractivity (Wildman–Crippen MR) is 61.2 cm³/mol. The molecule has 1 aliphatic carbocycles. The second-order valence-electron chi connectivity index (χ2n) is 4.10. The number of pyridine rings is 1. The minimum absolute atomic E-state index is 0.559. The van der Waals surface area contributed by atoms with Gasteiger partial charge < -0.3 is 10.1 Å². The molecule has 1 saturated carbocycles. The van der Waals surface area contributed by atoms with Gasteiger partial charge in [-0.15, -0.1) is 0 Å². The summed E-state index contributed by atoms with van der Waals surface area (Å²) in [5, 5.41) is 0.559. The van der Waals surface area contributed by atoms with E-state index in [0.29, 0.717) is 11.1 Å². The van der Waals surface area contributed by atoms with E-state index in [1.165, 1.54) is 19.3 Å². The Morgan fingerprint density at radius 3 is 2.93 bits per heavy atom. The third kappa shape index (κ3) is 1.30. The van der Waals surface area contributed by atoms with Gasteiger partial charge in [-0.1, -0.05) is 18.0 Å². The van der Waals surface area contributed by atoms with Crippen molar-refractivity contribution in [3.05, 3.63) is 29.3 Å². The Morgan fingerprint density at radius 1 is 1.47 bits per heavy atom. The predicted octanol–water partition coefficient (Wildman–Crippen LogP) is 2.84. The Bertz CT molecular complexity index is 514. The quantitative estimate of drug-likeness (QED) is 0.805. The van der Waals surface area contributed by atoms with Crippen molar-refractivity contribution in [2.45, 2.75) is 25.2 Å². The number of imidazole rings is 1. The minimum Gasteiger partial charge on any atom is -0.399 e. The third-order valence-corrected chi connectivity index (χ3v) is 3.40. The monoisotopic (exact) mass is 221 g/mol. The lowest BCUT2D eigenvalue weighted by atomic mass is 9.85. The van der Waals surface area contributed by atoms with Crippen LogP contribution in [0.2, 0.25) is 5.15 Å². The number of hydrogen-bond donors (Lipinski definition) is 1. The van der Waals surface area contributed by atoms with Crippen molar-refractivity contribution < 1.29 is 0 Å². The maximum atomic E-state index is 6.09. The number of hydrogen-bond acceptors (Lipinski definition) is 2. The van der Waals surface area contributed by atoms with E-state index in [9.17, 15) is 0 Å². The van der Waals surface area contributed by atoms with Gasteiger partial charge >= 0.3 is 0 Å². The van der Waals surface area contributed by atoms with Crippen molar-refractivity contribution in [2.75, 3.05) is 5.73 Å². The van der Waals surface area contributed by atoms with Crippen molar-refractivity contribution in [2.24, 2.45) is 0 Å². The molecule has 0 atom stereocenters. The molecule has 0 spiro atoms. The van der Waals surface area contributed by atoms with E-state index in [-0.39, 0.29) is 0 Å². The van der Waals surface area contributed by atoms with Gasteiger partial charge in [-0.05, 0) is 25.0 Å². The Kier molecular flexibility index (Phi) is 1.89. The van der Waals surface area contributed by atoms with Crippen LogP contribution < -0.4 is 5.73 Å². The van der Waals surface area contributed by atoms with E-state index < -0.39 is 0 Å². The maximum Gasteiger partial charge on any atom is 0.155 e. The van der Waals surface area contributed by atoms with Crippen LogP contribution in [-0.4, -0.2) is 9.38 Å². The number of anilines is 1. The summed E-state index contributed by atoms with van der Waals surface area (Å²) >= 11 is 6.09. The van der Waals surface area contributed by atoms with Crippen LogP contribution in [-0.2, 0) is 0 Å². The molecule has 1 fully saturated rings. The van der Waals surface area contributed by atoms with Crippen LogP contribution in [0.25, 0.3) is 5.52 Å². The number of nitrogens with two attached hydrogens (primary N) is 1.